The lowest BCUT2D eigenvalue weighted by Gasteiger charge is -2.24. The van der Waals surface area contributed by atoms with Crippen molar-refractivity contribution >= 4 is 22.6 Å². The Morgan fingerprint density at radius 1 is 1.19 bits per heavy atom. The molecular weight excluding hydrogens is 435 g/mol. The summed E-state index contributed by atoms with van der Waals surface area (Å²) in [5.41, 5.74) is 0.916. The average Bonchev–Trinajstić information content (AvgIpc) is 3.27. The summed E-state index contributed by atoms with van der Waals surface area (Å²) in [5, 5.41) is 6.72. The average molecular weight is 453 g/mol. The van der Waals surface area contributed by atoms with E-state index >= 15 is 0 Å². The molecule has 164 valence electrons. The number of anilines is 1. The largest absolute Gasteiger partial charge is 0.469 e. The zero-order chi connectivity index (χ0) is 22.4. The zero-order valence-corrected chi connectivity index (χ0v) is 17.2. The maximum Gasteiger partial charge on any atom is 0.314 e. The van der Waals surface area contributed by atoms with Crippen LogP contribution in [-0.2, 0) is 27.1 Å². The maximum atomic E-state index is 14.8. The van der Waals surface area contributed by atoms with Crippen LogP contribution >= 0.6 is 0 Å². The van der Waals surface area contributed by atoms with Crippen molar-refractivity contribution < 1.29 is 31.3 Å². The molecule has 0 bridgehead atoms. The summed E-state index contributed by atoms with van der Waals surface area (Å²) in [4.78, 5) is 11.4. The van der Waals surface area contributed by atoms with Gasteiger partial charge >= 0.3 is 12.4 Å². The molecule has 0 radical (unpaired) electrons. The van der Waals surface area contributed by atoms with Gasteiger partial charge < -0.3 is 9.15 Å². The molecule has 0 saturated heterocycles. The van der Waals surface area contributed by atoms with Crippen LogP contribution in [0.3, 0.4) is 0 Å². The predicted octanol–water partition coefficient (Wildman–Crippen LogP) is 4.05. The van der Waals surface area contributed by atoms with Gasteiger partial charge in [-0.15, -0.1) is 10.2 Å². The Kier molecular flexibility index (Phi) is 7.40. The smallest absolute Gasteiger partial charge is 0.314 e. The van der Waals surface area contributed by atoms with E-state index in [1.165, 1.54) is 23.5 Å². The minimum Gasteiger partial charge on any atom is -0.469 e. The number of esters is 1. The van der Waals surface area contributed by atoms with E-state index < -0.39 is 35.1 Å². The Hall–Kier alpha value is -3.21. The summed E-state index contributed by atoms with van der Waals surface area (Å²) in [6.45, 7) is -0.0595. The Balaban J connectivity index is 1.83. The van der Waals surface area contributed by atoms with Crippen LogP contribution in [0.5, 0.6) is 0 Å². The monoisotopic (exact) mass is 453 g/mol. The molecule has 2 aromatic carbocycles. The third kappa shape index (κ3) is 5.69. The van der Waals surface area contributed by atoms with Crippen LogP contribution in [0.15, 0.2) is 52.9 Å². The molecule has 11 heteroatoms. The van der Waals surface area contributed by atoms with Crippen molar-refractivity contribution in [2.45, 2.75) is 19.4 Å². The molecule has 7 nitrogen and oxygen atoms in total. The van der Waals surface area contributed by atoms with Crippen molar-refractivity contribution in [3.05, 3.63) is 65.8 Å². The second-order valence-corrected chi connectivity index (χ2v) is 7.77. The van der Waals surface area contributed by atoms with Gasteiger partial charge in [0.05, 0.1) is 25.8 Å². The fraction of sp³-hybridized carbons (Fsp3) is 0.250. The molecule has 0 aliphatic heterocycles. The highest BCUT2D eigenvalue weighted by molar-refractivity contribution is 7.86. The van der Waals surface area contributed by atoms with Crippen LogP contribution in [0.1, 0.15) is 24.3 Å². The van der Waals surface area contributed by atoms with E-state index in [0.29, 0.717) is 5.69 Å². The number of carbonyl (C=O) groups is 1. The lowest BCUT2D eigenvalue weighted by atomic mass is 10.1. The van der Waals surface area contributed by atoms with E-state index in [1.807, 2.05) is 0 Å². The number of para-hydroxylation sites is 1. The lowest BCUT2D eigenvalue weighted by molar-refractivity contribution is -0.140. The normalized spacial score (nSPS) is 12.0. The Bertz CT molecular complexity index is 1060. The zero-order valence-electron chi connectivity index (χ0n) is 16.3. The standard InChI is InChI=1S/C20H18F3N3O4S/c1-29-17(27)9-10-31(28)26(15-5-3-2-4-6-15)12-14-8-7-13(11-16(14)21)19-24-25-20(30-19)18(22)23/h2-8,11,18H,9-10,12H2,1H3. The van der Waals surface area contributed by atoms with Crippen molar-refractivity contribution in [3.63, 3.8) is 0 Å². The van der Waals surface area contributed by atoms with Gasteiger partial charge in [0.15, 0.2) is 0 Å². The summed E-state index contributed by atoms with van der Waals surface area (Å²) in [5.74, 6) is -2.25. The SMILES string of the molecule is COC(=O)CCS(=O)N(Cc1ccc(-c2nnc(C(F)F)o2)cc1F)c1ccccc1. The molecule has 1 heterocycles. The lowest BCUT2D eigenvalue weighted by Crippen LogP contribution is -2.28. The van der Waals surface area contributed by atoms with Gasteiger partial charge in [-0.25, -0.2) is 8.60 Å². The number of carbonyl (C=O) groups excluding carboxylic acids is 1. The second kappa shape index (κ2) is 10.2. The van der Waals surface area contributed by atoms with Crippen molar-refractivity contribution in [1.29, 1.82) is 0 Å². The summed E-state index contributed by atoms with van der Waals surface area (Å²) in [6, 6.07) is 12.7. The molecule has 0 saturated carbocycles. The third-order valence-corrected chi connectivity index (χ3v) is 5.62. The molecule has 1 atom stereocenters. The quantitative estimate of drug-likeness (QED) is 0.455. The highest BCUT2D eigenvalue weighted by Gasteiger charge is 2.20. The number of aromatic nitrogens is 2. The number of alkyl halides is 2. The van der Waals surface area contributed by atoms with Gasteiger partial charge in [0, 0.05) is 16.8 Å². The second-order valence-electron chi connectivity index (χ2n) is 6.28. The van der Waals surface area contributed by atoms with E-state index in [-0.39, 0.29) is 35.7 Å². The van der Waals surface area contributed by atoms with Gasteiger partial charge in [0.25, 0.3) is 5.89 Å². The topological polar surface area (TPSA) is 85.5 Å². The van der Waals surface area contributed by atoms with E-state index in [1.54, 1.807) is 30.3 Å². The summed E-state index contributed by atoms with van der Waals surface area (Å²) in [7, 11) is -0.400. The van der Waals surface area contributed by atoms with Gasteiger partial charge in [-0.05, 0) is 24.3 Å². The van der Waals surface area contributed by atoms with Gasteiger partial charge in [0.2, 0.25) is 5.89 Å². The van der Waals surface area contributed by atoms with E-state index in [9.17, 15) is 22.2 Å². The Morgan fingerprint density at radius 2 is 1.94 bits per heavy atom. The molecule has 1 unspecified atom stereocenters. The first-order valence-electron chi connectivity index (χ1n) is 9.07. The van der Waals surface area contributed by atoms with Crippen molar-refractivity contribution in [2.75, 3.05) is 17.2 Å². The van der Waals surface area contributed by atoms with Crippen LogP contribution in [0, 0.1) is 5.82 Å². The van der Waals surface area contributed by atoms with E-state index in [4.69, 9.17) is 4.42 Å². The van der Waals surface area contributed by atoms with Gasteiger partial charge in [-0.3, -0.25) is 9.10 Å². The molecule has 0 amide bonds. The molecule has 0 aliphatic rings. The molecule has 31 heavy (non-hydrogen) atoms. The first-order chi connectivity index (χ1) is 14.9. The number of methoxy groups -OCH3 is 1. The third-order valence-electron chi connectivity index (χ3n) is 4.24. The highest BCUT2D eigenvalue weighted by atomic mass is 32.2. The van der Waals surface area contributed by atoms with Gasteiger partial charge in [-0.1, -0.05) is 24.3 Å². The van der Waals surface area contributed by atoms with E-state index in [2.05, 4.69) is 14.9 Å². The van der Waals surface area contributed by atoms with Crippen LogP contribution in [-0.4, -0.2) is 33.2 Å². The Labute approximate surface area is 178 Å². The number of benzene rings is 2. The Morgan fingerprint density at radius 3 is 2.55 bits per heavy atom. The minimum atomic E-state index is -2.93. The number of hydrogen-bond acceptors (Lipinski definition) is 6. The summed E-state index contributed by atoms with van der Waals surface area (Å²) < 4.78 is 63.7. The van der Waals surface area contributed by atoms with Crippen molar-refractivity contribution in [2.24, 2.45) is 0 Å². The number of hydrogen-bond donors (Lipinski definition) is 0. The molecule has 3 aromatic rings. The predicted molar refractivity (Wildman–Crippen MR) is 107 cm³/mol. The van der Waals surface area contributed by atoms with E-state index in [0.717, 1.165) is 6.07 Å². The van der Waals surface area contributed by atoms with Crippen molar-refractivity contribution in [1.82, 2.24) is 10.2 Å². The van der Waals surface area contributed by atoms with Gasteiger partial charge in [0.1, 0.15) is 16.8 Å². The molecular formula is C20H18F3N3O4S. The molecule has 0 fully saturated rings. The minimum absolute atomic E-state index is 0.000337. The van der Waals surface area contributed by atoms with Crippen molar-refractivity contribution in [3.8, 4) is 11.5 Å². The molecule has 0 spiro atoms. The number of rotatable bonds is 9. The fourth-order valence-corrected chi connectivity index (χ4v) is 3.86. The summed E-state index contributed by atoms with van der Waals surface area (Å²) in [6.07, 6.45) is -2.98. The highest BCUT2D eigenvalue weighted by Crippen LogP contribution is 2.26. The summed E-state index contributed by atoms with van der Waals surface area (Å²) >= 11 is 0. The molecule has 0 aliphatic carbocycles. The number of halogens is 3. The molecule has 1 aromatic heterocycles. The maximum absolute atomic E-state index is 14.8. The molecule has 3 rings (SSSR count). The molecule has 0 N–H and O–H groups in total. The van der Waals surface area contributed by atoms with Gasteiger partial charge in [-0.2, -0.15) is 8.78 Å². The van der Waals surface area contributed by atoms with Crippen LogP contribution in [0.4, 0.5) is 18.9 Å². The first kappa shape index (κ1) is 22.5. The first-order valence-corrected chi connectivity index (χ1v) is 10.3. The van der Waals surface area contributed by atoms with Crippen LogP contribution in [0.25, 0.3) is 11.5 Å². The van der Waals surface area contributed by atoms with Crippen LogP contribution < -0.4 is 4.31 Å². The number of ether oxygens (including phenoxy) is 1. The fourth-order valence-electron chi connectivity index (χ4n) is 2.66. The number of nitrogens with zero attached hydrogens (tertiary/aromatic N) is 3. The van der Waals surface area contributed by atoms with Crippen LogP contribution in [0.2, 0.25) is 0 Å².